The highest BCUT2D eigenvalue weighted by Gasteiger charge is 2.12. The lowest BCUT2D eigenvalue weighted by Gasteiger charge is -2.17. The van der Waals surface area contributed by atoms with Gasteiger partial charge in [-0.15, -0.1) is 0 Å². The van der Waals surface area contributed by atoms with Crippen molar-refractivity contribution in [2.45, 2.75) is 57.7 Å². The molecule has 1 unspecified atom stereocenters. The van der Waals surface area contributed by atoms with E-state index in [0.29, 0.717) is 31.8 Å². The highest BCUT2D eigenvalue weighted by atomic mass is 16.5. The van der Waals surface area contributed by atoms with Crippen LogP contribution in [0, 0.1) is 0 Å². The Kier molecular flexibility index (Phi) is 9.29. The van der Waals surface area contributed by atoms with Crippen LogP contribution in [-0.4, -0.2) is 48.4 Å². The Morgan fingerprint density at radius 3 is 2.64 bits per heavy atom. The first-order valence-electron chi connectivity index (χ1n) is 9.51. The molecule has 1 saturated carbocycles. The van der Waals surface area contributed by atoms with Crippen molar-refractivity contribution in [1.29, 1.82) is 0 Å². The molecule has 0 radical (unpaired) electrons. The van der Waals surface area contributed by atoms with Crippen molar-refractivity contribution in [3.63, 3.8) is 0 Å². The molecule has 3 N–H and O–H groups in total. The molecule has 140 valence electrons. The zero-order valence-electron chi connectivity index (χ0n) is 15.3. The number of pyridine rings is 1. The van der Waals surface area contributed by atoms with Crippen molar-refractivity contribution in [3.05, 3.63) is 30.1 Å². The molecule has 0 bridgehead atoms. The summed E-state index contributed by atoms with van der Waals surface area (Å²) in [6.45, 7) is 4.51. The van der Waals surface area contributed by atoms with Gasteiger partial charge in [-0.2, -0.15) is 0 Å². The molecule has 1 aromatic rings. The third-order valence-electron chi connectivity index (χ3n) is 4.41. The largest absolute Gasteiger partial charge is 0.386 e. The van der Waals surface area contributed by atoms with E-state index in [2.05, 4.69) is 20.6 Å². The second kappa shape index (κ2) is 11.8. The molecule has 0 spiro atoms. The van der Waals surface area contributed by atoms with Gasteiger partial charge in [0, 0.05) is 25.5 Å². The predicted octanol–water partition coefficient (Wildman–Crippen LogP) is 2.41. The predicted molar refractivity (Wildman–Crippen MR) is 101 cm³/mol. The summed E-state index contributed by atoms with van der Waals surface area (Å²) in [5.74, 6) is 0.708. The molecule has 2 rings (SSSR count). The molecule has 1 aromatic heterocycles. The molecule has 1 heterocycles. The van der Waals surface area contributed by atoms with Gasteiger partial charge in [0.25, 0.3) is 0 Å². The summed E-state index contributed by atoms with van der Waals surface area (Å²) in [6.07, 6.45) is 10.8. The minimum atomic E-state index is -0.624. The van der Waals surface area contributed by atoms with Crippen LogP contribution in [0.1, 0.15) is 57.1 Å². The first-order valence-corrected chi connectivity index (χ1v) is 9.51. The Morgan fingerprint density at radius 1 is 1.24 bits per heavy atom. The van der Waals surface area contributed by atoms with Gasteiger partial charge in [0.2, 0.25) is 0 Å². The summed E-state index contributed by atoms with van der Waals surface area (Å²) in [5, 5.41) is 16.7. The summed E-state index contributed by atoms with van der Waals surface area (Å²) in [4.78, 5) is 8.42. The summed E-state index contributed by atoms with van der Waals surface area (Å²) in [7, 11) is 0. The fourth-order valence-corrected chi connectivity index (χ4v) is 3.01. The van der Waals surface area contributed by atoms with E-state index in [1.807, 2.05) is 6.92 Å². The molecule has 1 atom stereocenters. The second-order valence-electron chi connectivity index (χ2n) is 6.43. The zero-order valence-corrected chi connectivity index (χ0v) is 15.3. The van der Waals surface area contributed by atoms with Gasteiger partial charge >= 0.3 is 0 Å². The van der Waals surface area contributed by atoms with Crippen LogP contribution in [0.25, 0.3) is 0 Å². The zero-order chi connectivity index (χ0) is 17.7. The average molecular weight is 348 g/mol. The standard InChI is InChI=1S/C19H32N4O2/c1-2-21-19(23-15-18(24)16-9-11-20-12-10-16)22-13-14-25-17-7-5-3-4-6-8-17/h9-12,17-18,24H,2-8,13-15H2,1H3,(H2,21,22,23). The molecule has 6 heteroatoms. The van der Waals surface area contributed by atoms with Crippen molar-refractivity contribution in [1.82, 2.24) is 15.6 Å². The number of hydrogen-bond acceptors (Lipinski definition) is 4. The van der Waals surface area contributed by atoms with Crippen molar-refractivity contribution < 1.29 is 9.84 Å². The molecule has 0 saturated heterocycles. The van der Waals surface area contributed by atoms with Crippen molar-refractivity contribution in [3.8, 4) is 0 Å². The number of nitrogens with zero attached hydrogens (tertiary/aromatic N) is 2. The third-order valence-corrected chi connectivity index (χ3v) is 4.41. The Labute approximate surface area is 151 Å². The highest BCUT2D eigenvalue weighted by Crippen LogP contribution is 2.19. The number of aromatic nitrogens is 1. The number of ether oxygens (including phenoxy) is 1. The van der Waals surface area contributed by atoms with E-state index in [-0.39, 0.29) is 0 Å². The number of aliphatic imine (C=N–C) groups is 1. The Bertz CT molecular complexity index is 487. The van der Waals surface area contributed by atoms with Crippen LogP contribution in [0.3, 0.4) is 0 Å². The van der Waals surface area contributed by atoms with E-state index in [1.54, 1.807) is 24.5 Å². The smallest absolute Gasteiger partial charge is 0.191 e. The van der Waals surface area contributed by atoms with Crippen LogP contribution in [0.4, 0.5) is 0 Å². The molecule has 6 nitrogen and oxygen atoms in total. The maximum Gasteiger partial charge on any atom is 0.191 e. The van der Waals surface area contributed by atoms with Crippen LogP contribution < -0.4 is 10.6 Å². The number of aliphatic hydroxyl groups excluding tert-OH is 1. The molecule has 25 heavy (non-hydrogen) atoms. The quantitative estimate of drug-likeness (QED) is 0.291. The lowest BCUT2D eigenvalue weighted by molar-refractivity contribution is 0.0468. The number of aliphatic hydroxyl groups is 1. The van der Waals surface area contributed by atoms with Gasteiger partial charge in [0.15, 0.2) is 5.96 Å². The maximum atomic E-state index is 10.2. The molecule has 1 fully saturated rings. The normalized spacial score (nSPS) is 17.8. The topological polar surface area (TPSA) is 78.8 Å². The van der Waals surface area contributed by atoms with Crippen LogP contribution in [0.2, 0.25) is 0 Å². The summed E-state index contributed by atoms with van der Waals surface area (Å²) in [5.41, 5.74) is 0.825. The number of guanidine groups is 1. The highest BCUT2D eigenvalue weighted by molar-refractivity contribution is 5.79. The van der Waals surface area contributed by atoms with Crippen molar-refractivity contribution in [2.75, 3.05) is 26.2 Å². The van der Waals surface area contributed by atoms with Crippen LogP contribution in [0.5, 0.6) is 0 Å². The first-order chi connectivity index (χ1) is 12.3. The number of nitrogens with one attached hydrogen (secondary N) is 2. The Balaban J connectivity index is 1.71. The van der Waals surface area contributed by atoms with Gasteiger partial charge in [-0.05, 0) is 37.5 Å². The van der Waals surface area contributed by atoms with Crippen LogP contribution in [-0.2, 0) is 4.74 Å². The lowest BCUT2D eigenvalue weighted by Crippen LogP contribution is -2.39. The fraction of sp³-hybridized carbons (Fsp3) is 0.684. The van der Waals surface area contributed by atoms with E-state index in [0.717, 1.165) is 12.1 Å². The monoisotopic (exact) mass is 348 g/mol. The molecule has 0 aromatic carbocycles. The van der Waals surface area contributed by atoms with Gasteiger partial charge in [-0.3, -0.25) is 9.98 Å². The summed E-state index contributed by atoms with van der Waals surface area (Å²) >= 11 is 0. The van der Waals surface area contributed by atoms with Gasteiger partial charge in [0.1, 0.15) is 0 Å². The van der Waals surface area contributed by atoms with Crippen molar-refractivity contribution >= 4 is 5.96 Å². The van der Waals surface area contributed by atoms with Crippen molar-refractivity contribution in [2.24, 2.45) is 4.99 Å². The molecule has 1 aliphatic rings. The van der Waals surface area contributed by atoms with Crippen LogP contribution in [0.15, 0.2) is 29.5 Å². The van der Waals surface area contributed by atoms with E-state index in [4.69, 9.17) is 4.74 Å². The Hall–Kier alpha value is -1.66. The van der Waals surface area contributed by atoms with Crippen LogP contribution >= 0.6 is 0 Å². The first kappa shape index (κ1) is 19.7. The maximum absolute atomic E-state index is 10.2. The lowest BCUT2D eigenvalue weighted by atomic mass is 10.1. The van der Waals surface area contributed by atoms with Gasteiger partial charge in [-0.25, -0.2) is 0 Å². The summed E-state index contributed by atoms with van der Waals surface area (Å²) < 4.78 is 5.98. The summed E-state index contributed by atoms with van der Waals surface area (Å²) in [6, 6.07) is 3.61. The minimum absolute atomic E-state index is 0.308. The average Bonchev–Trinajstić information content (AvgIpc) is 2.92. The molecular weight excluding hydrogens is 316 g/mol. The van der Waals surface area contributed by atoms with E-state index >= 15 is 0 Å². The van der Waals surface area contributed by atoms with Gasteiger partial charge in [0.05, 0.1) is 25.4 Å². The number of rotatable bonds is 8. The number of hydrogen-bond donors (Lipinski definition) is 3. The molecule has 0 aliphatic heterocycles. The third kappa shape index (κ3) is 7.84. The second-order valence-corrected chi connectivity index (χ2v) is 6.43. The molecule has 1 aliphatic carbocycles. The minimum Gasteiger partial charge on any atom is -0.386 e. The van der Waals surface area contributed by atoms with Gasteiger partial charge in [-0.1, -0.05) is 25.7 Å². The Morgan fingerprint density at radius 2 is 1.96 bits per heavy atom. The molecule has 0 amide bonds. The van der Waals surface area contributed by atoms with E-state index in [1.165, 1.54) is 38.5 Å². The van der Waals surface area contributed by atoms with E-state index in [9.17, 15) is 5.11 Å². The van der Waals surface area contributed by atoms with E-state index < -0.39 is 6.10 Å². The SMILES string of the molecule is CCNC(=NCC(O)c1ccncc1)NCCOC1CCCCCC1. The fourth-order valence-electron chi connectivity index (χ4n) is 3.01. The molecular formula is C19H32N4O2. The van der Waals surface area contributed by atoms with Gasteiger partial charge < -0.3 is 20.5 Å².